The molecule has 0 radical (unpaired) electrons. The van der Waals surface area contributed by atoms with Crippen molar-refractivity contribution in [3.05, 3.63) is 52.0 Å². The van der Waals surface area contributed by atoms with Gasteiger partial charge in [0.05, 0.1) is 16.5 Å². The summed E-state index contributed by atoms with van der Waals surface area (Å²) in [5.41, 5.74) is -0.247. The van der Waals surface area contributed by atoms with Crippen LogP contribution in [0.1, 0.15) is 22.8 Å². The van der Waals surface area contributed by atoms with Crippen LogP contribution in [0.4, 0.5) is 8.78 Å². The number of aliphatic hydroxyl groups excluding tert-OH is 1. The van der Waals surface area contributed by atoms with Gasteiger partial charge in [0.15, 0.2) is 9.84 Å². The van der Waals surface area contributed by atoms with Crippen molar-refractivity contribution < 1.29 is 27.0 Å². The van der Waals surface area contributed by atoms with Crippen LogP contribution in [0.3, 0.4) is 0 Å². The fraction of sp³-hybridized carbons (Fsp3) is 0.235. The first-order valence-electron chi connectivity index (χ1n) is 7.33. The van der Waals surface area contributed by atoms with E-state index in [2.05, 4.69) is 0 Å². The SMILES string of the molecule is CS(=O)(=O)c1ccc(Oc2cc(Cl)cc(C#N)c2)c2c1C(O)C(F)(F)C2. The maximum absolute atomic E-state index is 14.0. The highest BCUT2D eigenvalue weighted by Gasteiger charge is 2.50. The van der Waals surface area contributed by atoms with Crippen LogP contribution in [0.2, 0.25) is 5.02 Å². The van der Waals surface area contributed by atoms with Crippen molar-refractivity contribution in [3.8, 4) is 17.6 Å². The molecule has 0 aromatic heterocycles. The van der Waals surface area contributed by atoms with E-state index in [1.54, 1.807) is 0 Å². The van der Waals surface area contributed by atoms with E-state index in [1.807, 2.05) is 6.07 Å². The van der Waals surface area contributed by atoms with Crippen molar-refractivity contribution in [1.82, 2.24) is 0 Å². The van der Waals surface area contributed by atoms with Gasteiger partial charge in [-0.2, -0.15) is 5.26 Å². The molecular formula is C17H12ClF2NO4S. The Bertz CT molecular complexity index is 1050. The first-order chi connectivity index (χ1) is 12.0. The van der Waals surface area contributed by atoms with Gasteiger partial charge in [-0.25, -0.2) is 17.2 Å². The van der Waals surface area contributed by atoms with Gasteiger partial charge in [0, 0.05) is 28.8 Å². The number of fused-ring (bicyclic) bond motifs is 1. The fourth-order valence-corrected chi connectivity index (χ4v) is 4.06. The van der Waals surface area contributed by atoms with Gasteiger partial charge in [-0.15, -0.1) is 0 Å². The molecule has 2 aromatic carbocycles. The number of sulfone groups is 1. The molecule has 0 saturated carbocycles. The summed E-state index contributed by atoms with van der Waals surface area (Å²) in [4.78, 5) is -0.367. The van der Waals surface area contributed by atoms with Crippen LogP contribution in [-0.2, 0) is 16.3 Å². The lowest BCUT2D eigenvalue weighted by Crippen LogP contribution is -2.22. The lowest BCUT2D eigenvalue weighted by atomic mass is 10.1. The topological polar surface area (TPSA) is 87.4 Å². The van der Waals surface area contributed by atoms with Crippen molar-refractivity contribution in [2.75, 3.05) is 6.26 Å². The minimum absolute atomic E-state index is 0.0326. The van der Waals surface area contributed by atoms with E-state index in [9.17, 15) is 22.3 Å². The molecule has 0 fully saturated rings. The first kappa shape index (κ1) is 18.6. The van der Waals surface area contributed by atoms with Crippen molar-refractivity contribution in [1.29, 1.82) is 5.26 Å². The van der Waals surface area contributed by atoms with Crippen LogP contribution in [0.15, 0.2) is 35.2 Å². The molecule has 0 amide bonds. The second kappa shape index (κ2) is 6.20. The quantitative estimate of drug-likeness (QED) is 0.851. The highest BCUT2D eigenvalue weighted by Crippen LogP contribution is 2.49. The highest BCUT2D eigenvalue weighted by atomic mass is 35.5. The average Bonchev–Trinajstić information content (AvgIpc) is 2.77. The van der Waals surface area contributed by atoms with Crippen LogP contribution in [0.5, 0.6) is 11.5 Å². The second-order valence-electron chi connectivity index (χ2n) is 5.96. The number of alkyl halides is 2. The molecule has 0 bridgehead atoms. The Labute approximate surface area is 153 Å². The Morgan fingerprint density at radius 2 is 2.04 bits per heavy atom. The van der Waals surface area contributed by atoms with Crippen LogP contribution < -0.4 is 4.74 Å². The van der Waals surface area contributed by atoms with Gasteiger partial charge >= 0.3 is 0 Å². The Morgan fingerprint density at radius 1 is 1.35 bits per heavy atom. The molecule has 0 saturated heterocycles. The second-order valence-corrected chi connectivity index (χ2v) is 8.38. The number of halogens is 3. The highest BCUT2D eigenvalue weighted by molar-refractivity contribution is 7.90. The Hall–Kier alpha value is -2.21. The molecule has 0 spiro atoms. The number of aliphatic hydroxyl groups is 1. The molecule has 1 aliphatic rings. The minimum Gasteiger partial charge on any atom is -0.457 e. The molecule has 5 nitrogen and oxygen atoms in total. The van der Waals surface area contributed by atoms with Crippen molar-refractivity contribution in [3.63, 3.8) is 0 Å². The minimum atomic E-state index is -3.83. The molecule has 3 rings (SSSR count). The zero-order chi connectivity index (χ0) is 19.3. The van der Waals surface area contributed by atoms with E-state index in [1.165, 1.54) is 24.3 Å². The van der Waals surface area contributed by atoms with Crippen LogP contribution in [-0.4, -0.2) is 25.7 Å². The van der Waals surface area contributed by atoms with E-state index in [4.69, 9.17) is 21.6 Å². The van der Waals surface area contributed by atoms with Gasteiger partial charge in [-0.1, -0.05) is 11.6 Å². The average molecular weight is 400 g/mol. The smallest absolute Gasteiger partial charge is 0.281 e. The third kappa shape index (κ3) is 3.26. The number of nitrogens with zero attached hydrogens (tertiary/aromatic N) is 1. The third-order valence-corrected chi connectivity index (χ3v) is 5.36. The van der Waals surface area contributed by atoms with E-state index in [0.29, 0.717) is 0 Å². The third-order valence-electron chi connectivity index (χ3n) is 3.99. The number of rotatable bonds is 3. The van der Waals surface area contributed by atoms with E-state index < -0.39 is 28.3 Å². The van der Waals surface area contributed by atoms with Gasteiger partial charge in [-0.3, -0.25) is 0 Å². The summed E-state index contributed by atoms with van der Waals surface area (Å²) in [6.45, 7) is 0. The summed E-state index contributed by atoms with van der Waals surface area (Å²) in [5.74, 6) is -3.42. The molecule has 1 aliphatic carbocycles. The summed E-state index contributed by atoms with van der Waals surface area (Å²) in [6, 6.07) is 8.42. The number of hydrogen-bond donors (Lipinski definition) is 1. The molecule has 0 heterocycles. The Morgan fingerprint density at radius 3 is 2.65 bits per heavy atom. The van der Waals surface area contributed by atoms with Crippen molar-refractivity contribution in [2.24, 2.45) is 0 Å². The zero-order valence-electron chi connectivity index (χ0n) is 13.3. The maximum Gasteiger partial charge on any atom is 0.281 e. The number of benzene rings is 2. The van der Waals surface area contributed by atoms with Gasteiger partial charge in [0.2, 0.25) is 0 Å². The molecule has 2 aromatic rings. The Kier molecular flexibility index (Phi) is 4.43. The van der Waals surface area contributed by atoms with Crippen LogP contribution in [0, 0.1) is 11.3 Å². The standard InChI is InChI=1S/C17H12ClF2NO4S/c1-26(23,24)14-3-2-13(12-7-17(19,20)16(22)15(12)14)25-11-5-9(8-21)4-10(18)6-11/h2-6,16,22H,7H2,1H3. The summed E-state index contributed by atoms with van der Waals surface area (Å²) in [5, 5.41) is 19.1. The first-order valence-corrected chi connectivity index (χ1v) is 9.60. The van der Waals surface area contributed by atoms with Gasteiger partial charge < -0.3 is 9.84 Å². The molecule has 9 heteroatoms. The van der Waals surface area contributed by atoms with Gasteiger partial charge in [-0.05, 0) is 30.3 Å². The largest absolute Gasteiger partial charge is 0.457 e. The fourth-order valence-electron chi connectivity index (χ4n) is 2.88. The molecule has 1 unspecified atom stereocenters. The molecule has 26 heavy (non-hydrogen) atoms. The molecule has 1 N–H and O–H groups in total. The number of hydrogen-bond acceptors (Lipinski definition) is 5. The Balaban J connectivity index is 2.15. The van der Waals surface area contributed by atoms with Crippen molar-refractivity contribution in [2.45, 2.75) is 23.3 Å². The molecule has 136 valence electrons. The molecular weight excluding hydrogens is 388 g/mol. The van der Waals surface area contributed by atoms with Gasteiger partial charge in [0.1, 0.15) is 17.6 Å². The maximum atomic E-state index is 14.0. The lowest BCUT2D eigenvalue weighted by Gasteiger charge is -2.15. The van der Waals surface area contributed by atoms with E-state index in [0.717, 1.165) is 12.3 Å². The van der Waals surface area contributed by atoms with Crippen LogP contribution in [0.25, 0.3) is 0 Å². The van der Waals surface area contributed by atoms with E-state index in [-0.39, 0.29) is 38.1 Å². The molecule has 1 atom stereocenters. The van der Waals surface area contributed by atoms with Crippen molar-refractivity contribution >= 4 is 21.4 Å². The predicted octanol–water partition coefficient (Wildman–Crippen LogP) is 3.63. The summed E-state index contributed by atoms with van der Waals surface area (Å²) in [6.07, 6.45) is -2.24. The van der Waals surface area contributed by atoms with E-state index >= 15 is 0 Å². The normalized spacial score (nSPS) is 18.2. The summed E-state index contributed by atoms with van der Waals surface area (Å²) in [7, 11) is -3.83. The van der Waals surface area contributed by atoms with Gasteiger partial charge in [0.25, 0.3) is 5.92 Å². The monoisotopic (exact) mass is 399 g/mol. The van der Waals surface area contributed by atoms with Crippen LogP contribution >= 0.6 is 11.6 Å². The number of ether oxygens (including phenoxy) is 1. The lowest BCUT2D eigenvalue weighted by molar-refractivity contribution is -0.0976. The molecule has 0 aliphatic heterocycles. The number of nitriles is 1. The zero-order valence-corrected chi connectivity index (χ0v) is 14.9. The summed E-state index contributed by atoms with van der Waals surface area (Å²) < 4.78 is 57.4. The summed E-state index contributed by atoms with van der Waals surface area (Å²) >= 11 is 5.90. The predicted molar refractivity (Wildman–Crippen MR) is 89.4 cm³/mol.